The quantitative estimate of drug-likeness (QED) is 0.615. The van der Waals surface area contributed by atoms with Crippen molar-refractivity contribution >= 4 is 6.29 Å². The fraction of sp³-hybridized carbons (Fsp3) is 0.632. The lowest BCUT2D eigenvalue weighted by molar-refractivity contribution is -0.112. The molecule has 2 N–H and O–H groups in total. The van der Waals surface area contributed by atoms with Gasteiger partial charge >= 0.3 is 0 Å². The topological polar surface area (TPSA) is 60.8 Å². The normalized spacial score (nSPS) is 41.0. The van der Waals surface area contributed by atoms with Crippen molar-refractivity contribution in [1.82, 2.24) is 4.90 Å². The third kappa shape index (κ3) is 4.87. The molecule has 4 nitrogen and oxygen atoms in total. The molecule has 1 aliphatic heterocycles. The number of hydrogen-bond donors (Lipinski definition) is 2. The summed E-state index contributed by atoms with van der Waals surface area (Å²) in [4.78, 5) is 13.7. The van der Waals surface area contributed by atoms with Crippen molar-refractivity contribution < 1.29 is 15.0 Å². The highest BCUT2D eigenvalue weighted by molar-refractivity contribution is 5.54. The SMILES string of the molecule is CCC1[C@@H](C)C(O)C[C@@H](C=O)CN1CC1=C/C/C=C/C(O)/C=C\1. The molecule has 2 aliphatic rings. The zero-order valence-corrected chi connectivity index (χ0v) is 14.1. The molecular formula is C19H29NO3. The third-order valence-electron chi connectivity index (χ3n) is 5.05. The van der Waals surface area contributed by atoms with E-state index in [0.29, 0.717) is 13.0 Å². The number of aliphatic hydroxyl groups is 2. The summed E-state index contributed by atoms with van der Waals surface area (Å²) < 4.78 is 0. The van der Waals surface area contributed by atoms with Crippen molar-refractivity contribution in [3.05, 3.63) is 36.0 Å². The maximum Gasteiger partial charge on any atom is 0.124 e. The number of hydrogen-bond acceptors (Lipinski definition) is 4. The maximum absolute atomic E-state index is 11.3. The van der Waals surface area contributed by atoms with Crippen LogP contribution in [0.15, 0.2) is 36.0 Å². The lowest BCUT2D eigenvalue weighted by Gasteiger charge is -2.34. The van der Waals surface area contributed by atoms with Gasteiger partial charge in [0, 0.05) is 25.0 Å². The highest BCUT2D eigenvalue weighted by Gasteiger charge is 2.34. The highest BCUT2D eigenvalue weighted by atomic mass is 16.3. The Hall–Kier alpha value is -1.23. The first-order valence-electron chi connectivity index (χ1n) is 8.64. The molecule has 4 heteroatoms. The van der Waals surface area contributed by atoms with Gasteiger partial charge in [0.1, 0.15) is 6.29 Å². The second-order valence-electron chi connectivity index (χ2n) is 6.76. The third-order valence-corrected chi connectivity index (χ3v) is 5.05. The summed E-state index contributed by atoms with van der Waals surface area (Å²) >= 11 is 0. The average Bonchev–Trinajstić information content (AvgIpc) is 2.63. The van der Waals surface area contributed by atoms with Gasteiger partial charge in [-0.3, -0.25) is 4.90 Å². The van der Waals surface area contributed by atoms with Gasteiger partial charge in [0.15, 0.2) is 0 Å². The maximum atomic E-state index is 11.3. The minimum Gasteiger partial charge on any atom is -0.393 e. The standard InChI is InChI=1S/C19H29NO3/c1-3-18-14(2)19(23)10-16(13-21)12-20(18)11-15-6-4-5-7-17(22)9-8-15/h5-9,13-14,16-19,22-23H,3-4,10-12H2,1-2H3/b7-5+,9-8-,15-6+/t14-,16-,17?,18?,19?/m1/s1. The Bertz CT molecular complexity index is 483. The predicted molar refractivity (Wildman–Crippen MR) is 92.0 cm³/mol. The predicted octanol–water partition coefficient (Wildman–Crippen LogP) is 2.09. The van der Waals surface area contributed by atoms with Crippen LogP contribution in [0.1, 0.15) is 33.1 Å². The number of nitrogens with zero attached hydrogens (tertiary/aromatic N) is 1. The van der Waals surface area contributed by atoms with Crippen molar-refractivity contribution in [2.75, 3.05) is 13.1 Å². The Morgan fingerprint density at radius 3 is 2.83 bits per heavy atom. The molecule has 0 aromatic carbocycles. The van der Waals surface area contributed by atoms with Gasteiger partial charge in [0.05, 0.1) is 12.2 Å². The summed E-state index contributed by atoms with van der Waals surface area (Å²) in [5, 5.41) is 20.1. The van der Waals surface area contributed by atoms with E-state index in [0.717, 1.165) is 31.2 Å². The number of carbonyl (C=O) groups is 1. The summed E-state index contributed by atoms with van der Waals surface area (Å²) in [6, 6.07) is 0.259. The number of aliphatic hydroxyl groups excluding tert-OH is 2. The molecule has 1 aliphatic carbocycles. The second-order valence-corrected chi connectivity index (χ2v) is 6.76. The van der Waals surface area contributed by atoms with E-state index < -0.39 is 12.2 Å². The first kappa shape index (κ1) is 18.1. The van der Waals surface area contributed by atoms with E-state index in [9.17, 15) is 15.0 Å². The van der Waals surface area contributed by atoms with Crippen molar-refractivity contribution in [3.8, 4) is 0 Å². The van der Waals surface area contributed by atoms with E-state index in [2.05, 4.69) is 24.8 Å². The minimum atomic E-state index is -0.534. The second kappa shape index (κ2) is 8.57. The Labute approximate surface area is 139 Å². The van der Waals surface area contributed by atoms with Crippen LogP contribution in [0.5, 0.6) is 0 Å². The van der Waals surface area contributed by atoms with E-state index in [4.69, 9.17) is 0 Å². The van der Waals surface area contributed by atoms with Gasteiger partial charge in [-0.25, -0.2) is 0 Å². The van der Waals surface area contributed by atoms with Gasteiger partial charge < -0.3 is 15.0 Å². The molecule has 0 aromatic heterocycles. The van der Waals surface area contributed by atoms with Gasteiger partial charge in [-0.15, -0.1) is 0 Å². The zero-order valence-electron chi connectivity index (χ0n) is 14.1. The molecule has 0 spiro atoms. The van der Waals surface area contributed by atoms with E-state index in [-0.39, 0.29) is 17.9 Å². The summed E-state index contributed by atoms with van der Waals surface area (Å²) in [6.45, 7) is 5.65. The Balaban J connectivity index is 2.18. The van der Waals surface area contributed by atoms with E-state index in [1.165, 1.54) is 0 Å². The molecule has 0 aromatic rings. The van der Waals surface area contributed by atoms with Crippen molar-refractivity contribution in [3.63, 3.8) is 0 Å². The van der Waals surface area contributed by atoms with Crippen LogP contribution >= 0.6 is 0 Å². The van der Waals surface area contributed by atoms with Crippen LogP contribution in [-0.2, 0) is 4.79 Å². The highest BCUT2D eigenvalue weighted by Crippen LogP contribution is 2.28. The van der Waals surface area contributed by atoms with Crippen molar-refractivity contribution in [2.24, 2.45) is 11.8 Å². The van der Waals surface area contributed by atoms with Gasteiger partial charge in [-0.2, -0.15) is 0 Å². The molecule has 2 rings (SSSR count). The van der Waals surface area contributed by atoms with Gasteiger partial charge in [0.2, 0.25) is 0 Å². The van der Waals surface area contributed by atoms with Gasteiger partial charge in [0.25, 0.3) is 0 Å². The van der Waals surface area contributed by atoms with Crippen LogP contribution < -0.4 is 0 Å². The van der Waals surface area contributed by atoms with Crippen LogP contribution in [0.25, 0.3) is 0 Å². The Morgan fingerprint density at radius 1 is 1.35 bits per heavy atom. The Morgan fingerprint density at radius 2 is 2.13 bits per heavy atom. The van der Waals surface area contributed by atoms with Gasteiger partial charge in [-0.1, -0.05) is 44.2 Å². The minimum absolute atomic E-state index is 0.118. The average molecular weight is 319 g/mol. The molecule has 0 bridgehead atoms. The molecule has 5 atom stereocenters. The number of allylic oxidation sites excluding steroid dienone is 2. The zero-order chi connectivity index (χ0) is 16.8. The largest absolute Gasteiger partial charge is 0.393 e. The number of aldehydes is 1. The molecule has 1 saturated heterocycles. The van der Waals surface area contributed by atoms with Crippen LogP contribution in [0.2, 0.25) is 0 Å². The first-order valence-corrected chi connectivity index (χ1v) is 8.64. The lowest BCUT2D eigenvalue weighted by atomic mass is 9.90. The van der Waals surface area contributed by atoms with Crippen LogP contribution in [0.4, 0.5) is 0 Å². The Kier molecular flexibility index (Phi) is 6.75. The summed E-state index contributed by atoms with van der Waals surface area (Å²) in [5.41, 5.74) is 1.15. The molecule has 23 heavy (non-hydrogen) atoms. The lowest BCUT2D eigenvalue weighted by Crippen LogP contribution is -2.42. The molecule has 128 valence electrons. The van der Waals surface area contributed by atoms with E-state index in [1.54, 1.807) is 12.2 Å². The number of rotatable bonds is 4. The molecule has 0 amide bonds. The van der Waals surface area contributed by atoms with Crippen molar-refractivity contribution in [1.29, 1.82) is 0 Å². The van der Waals surface area contributed by atoms with Crippen LogP contribution in [0, 0.1) is 11.8 Å². The molecular weight excluding hydrogens is 290 g/mol. The molecule has 0 saturated carbocycles. The fourth-order valence-electron chi connectivity index (χ4n) is 3.68. The smallest absolute Gasteiger partial charge is 0.124 e. The number of likely N-dealkylation sites (tertiary alicyclic amines) is 1. The molecule has 1 fully saturated rings. The van der Waals surface area contributed by atoms with E-state index in [1.807, 2.05) is 12.2 Å². The summed E-state index contributed by atoms with van der Waals surface area (Å²) in [7, 11) is 0. The molecule has 3 unspecified atom stereocenters. The fourth-order valence-corrected chi connectivity index (χ4v) is 3.68. The van der Waals surface area contributed by atoms with Crippen LogP contribution in [0.3, 0.4) is 0 Å². The van der Waals surface area contributed by atoms with Crippen molar-refractivity contribution in [2.45, 2.75) is 51.4 Å². The molecule has 1 heterocycles. The monoisotopic (exact) mass is 319 g/mol. The van der Waals surface area contributed by atoms with E-state index >= 15 is 0 Å². The first-order chi connectivity index (χ1) is 11.0. The summed E-state index contributed by atoms with van der Waals surface area (Å²) in [5.74, 6) is 0.0289. The summed E-state index contributed by atoms with van der Waals surface area (Å²) in [6.07, 6.45) is 12.0. The van der Waals surface area contributed by atoms with Gasteiger partial charge in [-0.05, 0) is 30.8 Å². The molecule has 0 radical (unpaired) electrons. The van der Waals surface area contributed by atoms with Crippen LogP contribution in [-0.4, -0.2) is 52.7 Å². The number of carbonyl (C=O) groups excluding carboxylic acids is 1.